The molecule has 0 aliphatic heterocycles. The molecule has 0 radical (unpaired) electrons. The molecule has 1 aromatic heterocycles. The van der Waals surface area contributed by atoms with E-state index in [-0.39, 0.29) is 12.3 Å². The number of aromatic nitrogens is 2. The number of nitrogens with one attached hydrogen (secondary N) is 2. The van der Waals surface area contributed by atoms with Gasteiger partial charge in [-0.05, 0) is 6.42 Å². The number of rotatable bonds is 7. The van der Waals surface area contributed by atoms with Gasteiger partial charge in [-0.1, -0.05) is 6.92 Å². The topological polar surface area (TPSA) is 110 Å². The van der Waals surface area contributed by atoms with Gasteiger partial charge in [-0.3, -0.25) is 4.98 Å². The Labute approximate surface area is 101 Å². The van der Waals surface area contributed by atoms with Crippen LogP contribution in [0.4, 0.5) is 11.6 Å². The molecule has 0 spiro atoms. The van der Waals surface area contributed by atoms with Crippen LogP contribution in [0.15, 0.2) is 12.4 Å². The maximum atomic E-state index is 10.7. The van der Waals surface area contributed by atoms with Crippen LogP contribution in [-0.4, -0.2) is 37.2 Å². The molecule has 0 unspecified atom stereocenters. The summed E-state index contributed by atoms with van der Waals surface area (Å²) in [7, 11) is -3.44. The van der Waals surface area contributed by atoms with E-state index in [0.717, 1.165) is 13.0 Å². The zero-order valence-corrected chi connectivity index (χ0v) is 10.5. The molecule has 17 heavy (non-hydrogen) atoms. The van der Waals surface area contributed by atoms with Crippen molar-refractivity contribution in [3.05, 3.63) is 12.4 Å². The minimum Gasteiger partial charge on any atom is -0.369 e. The van der Waals surface area contributed by atoms with Crippen molar-refractivity contribution < 1.29 is 8.42 Å². The van der Waals surface area contributed by atoms with Gasteiger partial charge in [0.2, 0.25) is 10.0 Å². The van der Waals surface area contributed by atoms with Gasteiger partial charge in [0, 0.05) is 13.1 Å². The van der Waals surface area contributed by atoms with E-state index in [1.54, 1.807) is 6.20 Å². The van der Waals surface area contributed by atoms with Crippen LogP contribution in [0.25, 0.3) is 0 Å². The van der Waals surface area contributed by atoms with Crippen molar-refractivity contribution in [1.82, 2.24) is 9.97 Å². The summed E-state index contributed by atoms with van der Waals surface area (Å²) in [5, 5.41) is 10.8. The monoisotopic (exact) mass is 259 g/mol. The van der Waals surface area contributed by atoms with E-state index in [0.29, 0.717) is 11.6 Å². The standard InChI is InChI=1S/C9H17N5O2S/c1-2-3-12-8-6-11-7-9(14-8)13-4-5-17(10,15)16/h6-7H,2-5H2,1H3,(H2,10,15,16)(H2,12,13,14). The average molecular weight is 259 g/mol. The van der Waals surface area contributed by atoms with Crippen molar-refractivity contribution in [2.45, 2.75) is 13.3 Å². The van der Waals surface area contributed by atoms with Gasteiger partial charge >= 0.3 is 0 Å². The molecular formula is C9H17N5O2S. The van der Waals surface area contributed by atoms with Gasteiger partial charge in [0.05, 0.1) is 18.1 Å². The molecule has 1 aromatic rings. The molecule has 0 bridgehead atoms. The van der Waals surface area contributed by atoms with Crippen molar-refractivity contribution in [2.75, 3.05) is 29.5 Å². The lowest BCUT2D eigenvalue weighted by Crippen LogP contribution is -2.22. The number of anilines is 2. The largest absolute Gasteiger partial charge is 0.369 e. The summed E-state index contributed by atoms with van der Waals surface area (Å²) in [5.74, 6) is 1.04. The molecule has 0 amide bonds. The predicted octanol–water partition coefficient (Wildman–Crippen LogP) is -0.00110. The molecular weight excluding hydrogens is 242 g/mol. The van der Waals surface area contributed by atoms with E-state index in [1.165, 1.54) is 6.20 Å². The Hall–Kier alpha value is -1.41. The van der Waals surface area contributed by atoms with Gasteiger partial charge in [0.15, 0.2) is 0 Å². The van der Waals surface area contributed by atoms with Crippen molar-refractivity contribution in [3.8, 4) is 0 Å². The Bertz CT molecular complexity index is 448. The first-order valence-electron chi connectivity index (χ1n) is 5.31. The second-order valence-corrected chi connectivity index (χ2v) is 5.24. The summed E-state index contributed by atoms with van der Waals surface area (Å²) in [4.78, 5) is 8.19. The fourth-order valence-electron chi connectivity index (χ4n) is 1.11. The Morgan fingerprint density at radius 3 is 2.35 bits per heavy atom. The van der Waals surface area contributed by atoms with E-state index in [4.69, 9.17) is 5.14 Å². The molecule has 4 N–H and O–H groups in total. The number of hydrogen-bond donors (Lipinski definition) is 3. The van der Waals surface area contributed by atoms with Crippen LogP contribution >= 0.6 is 0 Å². The molecule has 8 heteroatoms. The molecule has 0 atom stereocenters. The normalized spacial score (nSPS) is 11.2. The maximum absolute atomic E-state index is 10.7. The molecule has 1 rings (SSSR count). The number of nitrogens with two attached hydrogens (primary N) is 1. The van der Waals surface area contributed by atoms with Crippen LogP contribution in [0.1, 0.15) is 13.3 Å². The first kappa shape index (κ1) is 13.7. The summed E-state index contributed by atoms with van der Waals surface area (Å²) in [6, 6.07) is 0. The SMILES string of the molecule is CCCNc1cncc(NCCS(N)(=O)=O)n1. The van der Waals surface area contributed by atoms with E-state index < -0.39 is 10.0 Å². The maximum Gasteiger partial charge on any atom is 0.210 e. The van der Waals surface area contributed by atoms with Crippen LogP contribution in [0.5, 0.6) is 0 Å². The second-order valence-electron chi connectivity index (χ2n) is 3.51. The summed E-state index contributed by atoms with van der Waals surface area (Å²) < 4.78 is 21.4. The van der Waals surface area contributed by atoms with E-state index in [1.807, 2.05) is 0 Å². The first-order chi connectivity index (χ1) is 8.01. The summed E-state index contributed by atoms with van der Waals surface area (Å²) >= 11 is 0. The van der Waals surface area contributed by atoms with Crippen LogP contribution in [-0.2, 0) is 10.0 Å². The van der Waals surface area contributed by atoms with E-state index >= 15 is 0 Å². The zero-order valence-electron chi connectivity index (χ0n) is 9.68. The molecule has 96 valence electrons. The summed E-state index contributed by atoms with van der Waals surface area (Å²) in [6.45, 7) is 3.08. The van der Waals surface area contributed by atoms with Gasteiger partial charge in [-0.25, -0.2) is 18.5 Å². The molecule has 7 nitrogen and oxygen atoms in total. The number of hydrogen-bond acceptors (Lipinski definition) is 6. The lowest BCUT2D eigenvalue weighted by atomic mass is 10.5. The minimum atomic E-state index is -3.44. The first-order valence-corrected chi connectivity index (χ1v) is 7.03. The van der Waals surface area contributed by atoms with Gasteiger partial charge in [-0.2, -0.15) is 0 Å². The third-order valence-electron chi connectivity index (χ3n) is 1.88. The van der Waals surface area contributed by atoms with Gasteiger partial charge < -0.3 is 10.6 Å². The van der Waals surface area contributed by atoms with Crippen molar-refractivity contribution >= 4 is 21.7 Å². The lowest BCUT2D eigenvalue weighted by molar-refractivity contribution is 0.598. The fraction of sp³-hybridized carbons (Fsp3) is 0.556. The fourth-order valence-corrected chi connectivity index (χ4v) is 1.50. The summed E-state index contributed by atoms with van der Waals surface area (Å²) in [5.41, 5.74) is 0. The molecule has 0 saturated carbocycles. The smallest absolute Gasteiger partial charge is 0.210 e. The molecule has 0 aromatic carbocycles. The highest BCUT2D eigenvalue weighted by atomic mass is 32.2. The average Bonchev–Trinajstić information content (AvgIpc) is 2.25. The Kier molecular flexibility index (Phi) is 5.11. The van der Waals surface area contributed by atoms with Gasteiger partial charge in [0.25, 0.3) is 0 Å². The molecule has 0 saturated heterocycles. The van der Waals surface area contributed by atoms with Gasteiger partial charge in [-0.15, -0.1) is 0 Å². The third kappa shape index (κ3) is 6.03. The quantitative estimate of drug-likeness (QED) is 0.635. The van der Waals surface area contributed by atoms with Crippen LogP contribution in [0.3, 0.4) is 0 Å². The van der Waals surface area contributed by atoms with Crippen LogP contribution in [0.2, 0.25) is 0 Å². The van der Waals surface area contributed by atoms with Crippen LogP contribution < -0.4 is 15.8 Å². The zero-order chi connectivity index (χ0) is 12.7. The third-order valence-corrected chi connectivity index (χ3v) is 2.66. The van der Waals surface area contributed by atoms with Crippen LogP contribution in [0, 0.1) is 0 Å². The Morgan fingerprint density at radius 2 is 1.82 bits per heavy atom. The molecule has 0 aliphatic carbocycles. The highest BCUT2D eigenvalue weighted by molar-refractivity contribution is 7.89. The van der Waals surface area contributed by atoms with Crippen molar-refractivity contribution in [2.24, 2.45) is 5.14 Å². The highest BCUT2D eigenvalue weighted by Gasteiger charge is 2.03. The van der Waals surface area contributed by atoms with E-state index in [2.05, 4.69) is 27.5 Å². The predicted molar refractivity (Wildman–Crippen MR) is 67.3 cm³/mol. The summed E-state index contributed by atoms with van der Waals surface area (Å²) in [6.07, 6.45) is 4.13. The van der Waals surface area contributed by atoms with Crippen molar-refractivity contribution in [3.63, 3.8) is 0 Å². The number of primary sulfonamides is 1. The Balaban J connectivity index is 2.48. The highest BCUT2D eigenvalue weighted by Crippen LogP contribution is 2.06. The number of sulfonamides is 1. The van der Waals surface area contributed by atoms with Crippen molar-refractivity contribution in [1.29, 1.82) is 0 Å². The second kappa shape index (κ2) is 6.36. The molecule has 0 aliphatic rings. The Morgan fingerprint density at radius 1 is 1.24 bits per heavy atom. The van der Waals surface area contributed by atoms with E-state index in [9.17, 15) is 8.42 Å². The van der Waals surface area contributed by atoms with Gasteiger partial charge in [0.1, 0.15) is 11.6 Å². The number of nitrogens with zero attached hydrogens (tertiary/aromatic N) is 2. The minimum absolute atomic E-state index is 0.138. The molecule has 1 heterocycles. The lowest BCUT2D eigenvalue weighted by Gasteiger charge is -2.07. The molecule has 0 fully saturated rings.